The Morgan fingerprint density at radius 1 is 1.04 bits per heavy atom. The van der Waals surface area contributed by atoms with Crippen molar-refractivity contribution >= 4 is 17.6 Å². The number of nitrogens with one attached hydrogen (secondary N) is 1. The Balaban J connectivity index is 2.00. The number of amides is 1. The van der Waals surface area contributed by atoms with Crippen LogP contribution in [0.2, 0.25) is 0 Å². The topological polar surface area (TPSA) is 55.4 Å². The van der Waals surface area contributed by atoms with Crippen LogP contribution >= 0.6 is 0 Å². The zero-order valence-corrected chi connectivity index (χ0v) is 14.4. The lowest BCUT2D eigenvalue weighted by molar-refractivity contribution is -0.134. The molecule has 0 aromatic heterocycles. The van der Waals surface area contributed by atoms with Crippen LogP contribution in [0.3, 0.4) is 0 Å². The minimum atomic E-state index is -0.246. The summed E-state index contributed by atoms with van der Waals surface area (Å²) in [6, 6.07) is 12.5. The first-order valence-corrected chi connectivity index (χ1v) is 8.19. The number of unbranched alkanes of at least 4 members (excludes halogenated alkanes) is 1. The summed E-state index contributed by atoms with van der Waals surface area (Å²) in [6.45, 7) is 5.96. The first kappa shape index (κ1) is 17.7. The SMILES string of the molecule is CCCCC(=O)Oc1ccc(C(=O)Nc2cc(C)ccc2C)cc1. The molecule has 0 aliphatic heterocycles. The van der Waals surface area contributed by atoms with E-state index in [2.05, 4.69) is 5.32 Å². The average molecular weight is 325 g/mol. The maximum atomic E-state index is 12.3. The number of anilines is 1. The number of carbonyl (C=O) groups is 2. The molecule has 2 aromatic carbocycles. The molecule has 1 N–H and O–H groups in total. The maximum Gasteiger partial charge on any atom is 0.311 e. The van der Waals surface area contributed by atoms with Gasteiger partial charge in [-0.15, -0.1) is 0 Å². The zero-order valence-electron chi connectivity index (χ0n) is 14.4. The summed E-state index contributed by atoms with van der Waals surface area (Å²) in [5.74, 6) is 0.0244. The van der Waals surface area contributed by atoms with E-state index in [0.717, 1.165) is 29.7 Å². The average Bonchev–Trinajstić information content (AvgIpc) is 2.57. The molecule has 0 atom stereocenters. The molecule has 0 aliphatic carbocycles. The highest BCUT2D eigenvalue weighted by molar-refractivity contribution is 6.04. The molecule has 4 nitrogen and oxygen atoms in total. The summed E-state index contributed by atoms with van der Waals surface area (Å²) in [6.07, 6.45) is 2.17. The molecule has 2 rings (SSSR count). The van der Waals surface area contributed by atoms with Gasteiger partial charge in [-0.1, -0.05) is 25.5 Å². The van der Waals surface area contributed by atoms with Gasteiger partial charge < -0.3 is 10.1 Å². The van der Waals surface area contributed by atoms with Gasteiger partial charge in [0.1, 0.15) is 5.75 Å². The third kappa shape index (κ3) is 4.95. The first-order valence-electron chi connectivity index (χ1n) is 8.19. The standard InChI is InChI=1S/C20H23NO3/c1-4-5-6-19(22)24-17-11-9-16(10-12-17)20(23)21-18-13-14(2)7-8-15(18)3/h7-13H,4-6H2,1-3H3,(H,21,23). The molecular formula is C20H23NO3. The second kappa shape index (κ2) is 8.29. The van der Waals surface area contributed by atoms with Crippen molar-refractivity contribution in [1.29, 1.82) is 0 Å². The number of rotatable bonds is 6. The van der Waals surface area contributed by atoms with Crippen molar-refractivity contribution in [2.45, 2.75) is 40.0 Å². The summed E-state index contributed by atoms with van der Waals surface area (Å²) in [7, 11) is 0. The van der Waals surface area contributed by atoms with Crippen molar-refractivity contribution in [1.82, 2.24) is 0 Å². The van der Waals surface area contributed by atoms with Gasteiger partial charge in [0.15, 0.2) is 0 Å². The van der Waals surface area contributed by atoms with E-state index < -0.39 is 0 Å². The minimum absolute atomic E-state index is 0.187. The van der Waals surface area contributed by atoms with Crippen molar-refractivity contribution in [3.05, 3.63) is 59.2 Å². The molecule has 0 radical (unpaired) electrons. The van der Waals surface area contributed by atoms with Crippen molar-refractivity contribution < 1.29 is 14.3 Å². The molecule has 126 valence electrons. The van der Waals surface area contributed by atoms with Crippen molar-refractivity contribution in [3.63, 3.8) is 0 Å². The van der Waals surface area contributed by atoms with E-state index >= 15 is 0 Å². The van der Waals surface area contributed by atoms with Crippen LogP contribution < -0.4 is 10.1 Å². The van der Waals surface area contributed by atoms with E-state index in [1.165, 1.54) is 0 Å². The molecule has 1 amide bonds. The Morgan fingerprint density at radius 2 is 1.75 bits per heavy atom. The van der Waals surface area contributed by atoms with E-state index in [-0.39, 0.29) is 11.9 Å². The van der Waals surface area contributed by atoms with Crippen LogP contribution in [0.5, 0.6) is 5.75 Å². The van der Waals surface area contributed by atoms with E-state index in [1.54, 1.807) is 24.3 Å². The van der Waals surface area contributed by atoms with Gasteiger partial charge >= 0.3 is 5.97 Å². The Morgan fingerprint density at radius 3 is 2.42 bits per heavy atom. The Bertz CT molecular complexity index is 720. The Labute approximate surface area is 142 Å². The molecule has 0 spiro atoms. The minimum Gasteiger partial charge on any atom is -0.427 e. The summed E-state index contributed by atoms with van der Waals surface area (Å²) in [5, 5.41) is 2.91. The molecule has 0 aliphatic rings. The second-order valence-corrected chi connectivity index (χ2v) is 5.87. The molecule has 0 saturated carbocycles. The molecule has 0 unspecified atom stereocenters. The molecule has 2 aromatic rings. The van der Waals surface area contributed by atoms with Crippen LogP contribution in [0.15, 0.2) is 42.5 Å². The van der Waals surface area contributed by atoms with Crippen LogP contribution in [0, 0.1) is 13.8 Å². The highest BCUT2D eigenvalue weighted by atomic mass is 16.5. The molecular weight excluding hydrogens is 302 g/mol. The highest BCUT2D eigenvalue weighted by Crippen LogP contribution is 2.19. The van der Waals surface area contributed by atoms with E-state index in [0.29, 0.717) is 17.7 Å². The van der Waals surface area contributed by atoms with Gasteiger partial charge in [0, 0.05) is 17.7 Å². The fourth-order valence-electron chi connectivity index (χ4n) is 2.24. The maximum absolute atomic E-state index is 12.3. The number of ether oxygens (including phenoxy) is 1. The molecule has 4 heteroatoms. The molecule has 24 heavy (non-hydrogen) atoms. The summed E-state index contributed by atoms with van der Waals surface area (Å²) in [4.78, 5) is 23.9. The number of hydrogen-bond donors (Lipinski definition) is 1. The predicted molar refractivity (Wildman–Crippen MR) is 95.5 cm³/mol. The summed E-state index contributed by atoms with van der Waals surface area (Å²) in [5.41, 5.74) is 3.42. The van der Waals surface area contributed by atoms with Crippen LogP contribution in [0.4, 0.5) is 5.69 Å². The van der Waals surface area contributed by atoms with Gasteiger partial charge in [0.2, 0.25) is 0 Å². The lowest BCUT2D eigenvalue weighted by Gasteiger charge is -2.10. The molecule has 0 fully saturated rings. The highest BCUT2D eigenvalue weighted by Gasteiger charge is 2.09. The quantitative estimate of drug-likeness (QED) is 0.621. The lowest BCUT2D eigenvalue weighted by atomic mass is 10.1. The largest absolute Gasteiger partial charge is 0.427 e. The van der Waals surface area contributed by atoms with Crippen molar-refractivity contribution in [3.8, 4) is 5.75 Å². The van der Waals surface area contributed by atoms with E-state index in [4.69, 9.17) is 4.74 Å². The van der Waals surface area contributed by atoms with Crippen LogP contribution in [0.1, 0.15) is 47.7 Å². The molecule has 0 bridgehead atoms. The lowest BCUT2D eigenvalue weighted by Crippen LogP contribution is -2.13. The fourth-order valence-corrected chi connectivity index (χ4v) is 2.24. The third-order valence-corrected chi connectivity index (χ3v) is 3.72. The summed E-state index contributed by atoms with van der Waals surface area (Å²) >= 11 is 0. The van der Waals surface area contributed by atoms with Gasteiger partial charge in [-0.2, -0.15) is 0 Å². The zero-order chi connectivity index (χ0) is 17.5. The number of esters is 1. The molecule has 0 saturated heterocycles. The van der Waals surface area contributed by atoms with Crippen LogP contribution in [-0.4, -0.2) is 11.9 Å². The first-order chi connectivity index (χ1) is 11.5. The van der Waals surface area contributed by atoms with Gasteiger partial charge in [-0.3, -0.25) is 9.59 Å². The van der Waals surface area contributed by atoms with Gasteiger partial charge in [-0.05, 0) is 61.7 Å². The van der Waals surface area contributed by atoms with Crippen LogP contribution in [0.25, 0.3) is 0 Å². The summed E-state index contributed by atoms with van der Waals surface area (Å²) < 4.78 is 5.23. The van der Waals surface area contributed by atoms with Gasteiger partial charge in [-0.25, -0.2) is 0 Å². The van der Waals surface area contributed by atoms with Gasteiger partial charge in [0.05, 0.1) is 0 Å². The smallest absolute Gasteiger partial charge is 0.311 e. The van der Waals surface area contributed by atoms with E-state index in [1.807, 2.05) is 39.0 Å². The molecule has 0 heterocycles. The number of aryl methyl sites for hydroxylation is 2. The predicted octanol–water partition coefficient (Wildman–Crippen LogP) is 4.65. The van der Waals surface area contributed by atoms with E-state index in [9.17, 15) is 9.59 Å². The monoisotopic (exact) mass is 325 g/mol. The van der Waals surface area contributed by atoms with Crippen molar-refractivity contribution in [2.75, 3.05) is 5.32 Å². The Kier molecular flexibility index (Phi) is 6.13. The second-order valence-electron chi connectivity index (χ2n) is 5.87. The number of hydrogen-bond acceptors (Lipinski definition) is 3. The van der Waals surface area contributed by atoms with Crippen LogP contribution in [-0.2, 0) is 4.79 Å². The fraction of sp³-hybridized carbons (Fsp3) is 0.300. The third-order valence-electron chi connectivity index (χ3n) is 3.72. The number of benzene rings is 2. The van der Waals surface area contributed by atoms with Gasteiger partial charge in [0.25, 0.3) is 5.91 Å². The number of carbonyl (C=O) groups excluding carboxylic acids is 2. The van der Waals surface area contributed by atoms with Crippen molar-refractivity contribution in [2.24, 2.45) is 0 Å². The Hall–Kier alpha value is -2.62. The normalized spacial score (nSPS) is 10.3.